The minimum atomic E-state index is -4.03. The van der Waals surface area contributed by atoms with Gasteiger partial charge in [0.2, 0.25) is 15.9 Å². The lowest BCUT2D eigenvalue weighted by molar-refractivity contribution is 0.387. The Balaban J connectivity index is 2.32. The third kappa shape index (κ3) is 3.40. The molecule has 0 saturated carbocycles. The van der Waals surface area contributed by atoms with Gasteiger partial charge in [-0.1, -0.05) is 23.4 Å². The van der Waals surface area contributed by atoms with E-state index in [1.54, 1.807) is 6.92 Å². The molecule has 112 valence electrons. The third-order valence-electron chi connectivity index (χ3n) is 2.50. The van der Waals surface area contributed by atoms with Crippen LogP contribution in [0.5, 0.6) is 0 Å². The van der Waals surface area contributed by atoms with Gasteiger partial charge in [0.15, 0.2) is 5.82 Å². The topological polar surface area (TPSA) is 111 Å². The summed E-state index contributed by atoms with van der Waals surface area (Å²) < 4.78 is 45.1. The Hall–Kier alpha value is -1.91. The molecule has 0 bridgehead atoms. The number of benzene rings is 1. The van der Waals surface area contributed by atoms with Gasteiger partial charge in [0.25, 0.3) is 0 Å². The molecule has 2 rings (SSSR count). The Morgan fingerprint density at radius 3 is 2.81 bits per heavy atom. The van der Waals surface area contributed by atoms with E-state index in [2.05, 4.69) is 14.9 Å². The molecule has 21 heavy (non-hydrogen) atoms. The second-order valence-electron chi connectivity index (χ2n) is 4.03. The number of hydrogen-bond acceptors (Lipinski definition) is 6. The van der Waals surface area contributed by atoms with Crippen molar-refractivity contribution in [1.82, 2.24) is 14.9 Å². The zero-order valence-corrected chi connectivity index (χ0v) is 12.5. The molecule has 0 aliphatic heterocycles. The molecule has 1 heterocycles. The Kier molecular flexibility index (Phi) is 4.30. The zero-order chi connectivity index (χ0) is 15.6. The van der Waals surface area contributed by atoms with Crippen molar-refractivity contribution in [2.24, 2.45) is 5.73 Å². The van der Waals surface area contributed by atoms with Crippen molar-refractivity contribution in [3.63, 3.8) is 0 Å². The van der Waals surface area contributed by atoms with Gasteiger partial charge in [-0.15, -0.1) is 0 Å². The minimum absolute atomic E-state index is 0.157. The highest BCUT2D eigenvalue weighted by molar-refractivity contribution is 7.89. The summed E-state index contributed by atoms with van der Waals surface area (Å²) in [5.74, 6) is -0.344. The summed E-state index contributed by atoms with van der Waals surface area (Å²) in [6.07, 6.45) is 0. The molecule has 0 spiro atoms. The van der Waals surface area contributed by atoms with Gasteiger partial charge in [0.1, 0.15) is 10.8 Å². The van der Waals surface area contributed by atoms with Gasteiger partial charge in [-0.05, 0) is 12.1 Å². The molecule has 2 aromatic rings. The first-order valence-corrected chi connectivity index (χ1v) is 7.57. The average Bonchev–Trinajstić information content (AvgIpc) is 2.82. The average molecular weight is 330 g/mol. The molecule has 0 atom stereocenters. The Bertz CT molecular complexity index is 789. The van der Waals surface area contributed by atoms with Crippen LogP contribution in [0.4, 0.5) is 4.39 Å². The molecule has 7 nitrogen and oxygen atoms in total. The van der Waals surface area contributed by atoms with Crippen molar-refractivity contribution in [3.8, 4) is 0 Å². The molecular formula is C11H11FN4O3S2. The van der Waals surface area contributed by atoms with Gasteiger partial charge in [0, 0.05) is 6.92 Å². The van der Waals surface area contributed by atoms with Crippen molar-refractivity contribution in [2.45, 2.75) is 18.4 Å². The molecule has 3 N–H and O–H groups in total. The molecule has 0 saturated heterocycles. The summed E-state index contributed by atoms with van der Waals surface area (Å²) in [5, 5.41) is 3.55. The number of hydrogen-bond donors (Lipinski definition) is 2. The lowest BCUT2D eigenvalue weighted by Crippen LogP contribution is -2.27. The first-order valence-electron chi connectivity index (χ1n) is 5.68. The van der Waals surface area contributed by atoms with Crippen LogP contribution in [0, 0.1) is 12.7 Å². The monoisotopic (exact) mass is 330 g/mol. The summed E-state index contributed by atoms with van der Waals surface area (Å²) in [6, 6.07) is 3.54. The first kappa shape index (κ1) is 15.5. The summed E-state index contributed by atoms with van der Waals surface area (Å²) in [4.78, 5) is 3.17. The number of nitrogens with one attached hydrogen (secondary N) is 1. The van der Waals surface area contributed by atoms with E-state index >= 15 is 0 Å². The number of aryl methyl sites for hydroxylation is 1. The van der Waals surface area contributed by atoms with E-state index < -0.39 is 15.8 Å². The minimum Gasteiger partial charge on any atom is -0.389 e. The lowest BCUT2D eigenvalue weighted by Gasteiger charge is -2.10. The van der Waals surface area contributed by atoms with E-state index in [0.29, 0.717) is 5.89 Å². The quantitative estimate of drug-likeness (QED) is 0.773. The van der Waals surface area contributed by atoms with Crippen molar-refractivity contribution in [1.29, 1.82) is 0 Å². The fraction of sp³-hybridized carbons (Fsp3) is 0.182. The molecule has 1 aromatic carbocycles. The van der Waals surface area contributed by atoms with Crippen molar-refractivity contribution >= 4 is 27.2 Å². The Labute approximate surface area is 125 Å². The SMILES string of the molecule is Cc1nc(CNS(=O)(=O)c2cccc(F)c2C(N)=S)no1. The van der Waals surface area contributed by atoms with E-state index in [9.17, 15) is 12.8 Å². The summed E-state index contributed by atoms with van der Waals surface area (Å²) in [7, 11) is -4.03. The smallest absolute Gasteiger partial charge is 0.241 e. The van der Waals surface area contributed by atoms with E-state index in [1.807, 2.05) is 0 Å². The van der Waals surface area contributed by atoms with Crippen LogP contribution in [0.3, 0.4) is 0 Å². The fourth-order valence-electron chi connectivity index (χ4n) is 1.62. The zero-order valence-electron chi connectivity index (χ0n) is 10.8. The third-order valence-corrected chi connectivity index (χ3v) is 4.15. The summed E-state index contributed by atoms with van der Waals surface area (Å²) in [5.41, 5.74) is 5.05. The van der Waals surface area contributed by atoms with Crippen LogP contribution in [-0.4, -0.2) is 23.5 Å². The largest absolute Gasteiger partial charge is 0.389 e. The number of nitrogens with two attached hydrogens (primary N) is 1. The van der Waals surface area contributed by atoms with Gasteiger partial charge in [-0.3, -0.25) is 0 Å². The first-order chi connectivity index (χ1) is 9.81. The van der Waals surface area contributed by atoms with Crippen LogP contribution in [-0.2, 0) is 16.6 Å². The predicted octanol–water partition coefficient (Wildman–Crippen LogP) is 0.630. The number of aromatic nitrogens is 2. The number of thiocarbonyl (C=S) groups is 1. The second kappa shape index (κ2) is 5.84. The van der Waals surface area contributed by atoms with Gasteiger partial charge in [-0.2, -0.15) is 4.98 Å². The molecule has 0 aliphatic carbocycles. The predicted molar refractivity (Wildman–Crippen MR) is 75.3 cm³/mol. The van der Waals surface area contributed by atoms with E-state index in [-0.39, 0.29) is 27.8 Å². The van der Waals surface area contributed by atoms with Crippen LogP contribution >= 0.6 is 12.2 Å². The van der Waals surface area contributed by atoms with E-state index in [4.69, 9.17) is 22.5 Å². The second-order valence-corrected chi connectivity index (χ2v) is 6.21. The molecule has 10 heteroatoms. The van der Waals surface area contributed by atoms with Crippen LogP contribution in [0.15, 0.2) is 27.6 Å². The highest BCUT2D eigenvalue weighted by atomic mass is 32.2. The molecule has 0 aliphatic rings. The van der Waals surface area contributed by atoms with Crippen molar-refractivity contribution in [3.05, 3.63) is 41.3 Å². The lowest BCUT2D eigenvalue weighted by atomic mass is 10.2. The molecule has 1 aromatic heterocycles. The van der Waals surface area contributed by atoms with Gasteiger partial charge >= 0.3 is 0 Å². The highest BCUT2D eigenvalue weighted by Crippen LogP contribution is 2.19. The van der Waals surface area contributed by atoms with Crippen molar-refractivity contribution in [2.75, 3.05) is 0 Å². The maximum Gasteiger partial charge on any atom is 0.241 e. The fourth-order valence-corrected chi connectivity index (χ4v) is 3.10. The molecule has 0 amide bonds. The molecule has 0 fully saturated rings. The maximum atomic E-state index is 13.7. The maximum absolute atomic E-state index is 13.7. The van der Waals surface area contributed by atoms with Crippen LogP contribution < -0.4 is 10.5 Å². The number of sulfonamides is 1. The highest BCUT2D eigenvalue weighted by Gasteiger charge is 2.23. The van der Waals surface area contributed by atoms with Gasteiger partial charge in [-0.25, -0.2) is 17.5 Å². The van der Waals surface area contributed by atoms with E-state index in [1.165, 1.54) is 12.1 Å². The van der Waals surface area contributed by atoms with Gasteiger partial charge in [0.05, 0.1) is 17.0 Å². The number of halogens is 1. The molecular weight excluding hydrogens is 319 g/mol. The van der Waals surface area contributed by atoms with Crippen molar-refractivity contribution < 1.29 is 17.3 Å². The van der Waals surface area contributed by atoms with Crippen LogP contribution in [0.25, 0.3) is 0 Å². The normalized spacial score (nSPS) is 11.5. The standard InChI is InChI=1S/C11H11FN4O3S2/c1-6-15-9(16-19-6)5-14-21(17,18)8-4-2-3-7(12)10(8)11(13)20/h2-4,14H,5H2,1H3,(H2,13,20). The van der Waals surface area contributed by atoms with Crippen LogP contribution in [0.2, 0.25) is 0 Å². The van der Waals surface area contributed by atoms with E-state index in [0.717, 1.165) is 6.07 Å². The van der Waals surface area contributed by atoms with Gasteiger partial charge < -0.3 is 10.3 Å². The van der Waals surface area contributed by atoms with Crippen LogP contribution in [0.1, 0.15) is 17.3 Å². The molecule has 0 radical (unpaired) electrons. The summed E-state index contributed by atoms with van der Waals surface area (Å²) >= 11 is 4.69. The Morgan fingerprint density at radius 2 is 2.24 bits per heavy atom. The number of rotatable bonds is 5. The number of nitrogens with zero attached hydrogens (tertiary/aromatic N) is 2. The molecule has 0 unspecified atom stereocenters. The Morgan fingerprint density at radius 1 is 1.52 bits per heavy atom. The summed E-state index contributed by atoms with van der Waals surface area (Å²) in [6.45, 7) is 1.37.